The van der Waals surface area contributed by atoms with Crippen molar-refractivity contribution in [1.82, 2.24) is 4.90 Å². The van der Waals surface area contributed by atoms with Gasteiger partial charge in [-0.3, -0.25) is 9.59 Å². The normalized spacial score (nSPS) is 13.8. The van der Waals surface area contributed by atoms with Crippen molar-refractivity contribution < 1.29 is 38.9 Å². The lowest BCUT2D eigenvalue weighted by Gasteiger charge is -2.37. The molecular formula is C27H43N3O10. The molecule has 0 aliphatic heterocycles. The van der Waals surface area contributed by atoms with Crippen LogP contribution in [0, 0.1) is 20.2 Å². The molecule has 0 spiro atoms. The monoisotopic (exact) mass is 569 g/mol. The minimum absolute atomic E-state index is 0.0876. The van der Waals surface area contributed by atoms with Crippen molar-refractivity contribution in [2.45, 2.75) is 96.6 Å². The van der Waals surface area contributed by atoms with Crippen LogP contribution in [0.25, 0.3) is 0 Å². The van der Waals surface area contributed by atoms with Crippen LogP contribution in [0.1, 0.15) is 90.5 Å². The molecule has 0 aromatic heterocycles. The predicted molar refractivity (Wildman–Crippen MR) is 146 cm³/mol. The number of rotatable bonds is 17. The Kier molecular flexibility index (Phi) is 16.0. The molecule has 1 aliphatic carbocycles. The third-order valence-electron chi connectivity index (χ3n) is 6.31. The summed E-state index contributed by atoms with van der Waals surface area (Å²) in [4.78, 5) is 53.5. The first-order valence-electron chi connectivity index (χ1n) is 13.6. The number of hydrogen-bond donors (Lipinski definition) is 0. The Morgan fingerprint density at radius 3 is 2.23 bits per heavy atom. The molecule has 2 rings (SSSR count). The maximum Gasteiger partial charge on any atom is 0.294 e. The lowest BCUT2D eigenvalue weighted by Crippen LogP contribution is -2.50. The largest absolute Gasteiger partial charge is 0.489 e. The number of benzene rings is 1. The van der Waals surface area contributed by atoms with Gasteiger partial charge in [-0.2, -0.15) is 0 Å². The molecule has 0 heterocycles. The second-order valence-corrected chi connectivity index (χ2v) is 10.4. The smallest absolute Gasteiger partial charge is 0.294 e. The average molecular weight is 570 g/mol. The molecule has 1 unspecified atom stereocenters. The topological polar surface area (TPSA) is 161 Å². The molecule has 0 saturated heterocycles. The van der Waals surface area contributed by atoms with E-state index in [0.29, 0.717) is 12.4 Å². The van der Waals surface area contributed by atoms with E-state index in [-0.39, 0.29) is 45.1 Å². The number of para-hydroxylation sites is 1. The summed E-state index contributed by atoms with van der Waals surface area (Å²) in [7, 11) is 0. The zero-order valence-electron chi connectivity index (χ0n) is 24.0. The molecule has 1 atom stereocenters. The Balaban J connectivity index is 0.000000869. The fourth-order valence-corrected chi connectivity index (χ4v) is 4.32. The molecule has 1 saturated carbocycles. The van der Waals surface area contributed by atoms with Crippen molar-refractivity contribution in [2.24, 2.45) is 0 Å². The van der Waals surface area contributed by atoms with Crippen molar-refractivity contribution in [3.8, 4) is 5.75 Å². The lowest BCUT2D eigenvalue weighted by molar-refractivity contribution is -0.757. The van der Waals surface area contributed by atoms with Gasteiger partial charge in [-0.15, -0.1) is 20.2 Å². The summed E-state index contributed by atoms with van der Waals surface area (Å²) in [6.45, 7) is 8.31. The number of carbonyl (C=O) groups is 2. The molecule has 1 fully saturated rings. The van der Waals surface area contributed by atoms with E-state index in [2.05, 4.69) is 15.7 Å². The van der Waals surface area contributed by atoms with Gasteiger partial charge in [0.05, 0.1) is 19.8 Å². The molecular weight excluding hydrogens is 526 g/mol. The molecule has 0 radical (unpaired) electrons. The van der Waals surface area contributed by atoms with Crippen LogP contribution in [-0.4, -0.2) is 65.5 Å². The van der Waals surface area contributed by atoms with Gasteiger partial charge in [0.2, 0.25) is 5.91 Å². The maximum atomic E-state index is 12.8. The molecule has 1 amide bonds. The summed E-state index contributed by atoms with van der Waals surface area (Å²) in [6.07, 6.45) is 6.04. The van der Waals surface area contributed by atoms with E-state index < -0.39 is 21.8 Å². The standard InChI is InChI=1S/C23H34N2O7.C4H9NO3/c1-23(2,3)24(22(27)13-8-14-32-25(28)29)15-19(31-17-26)16-30-21-12-7-6-11-20(21)18-9-4-5-10-18;1-2-3-4-8-5(6)7/h6-7,11-12,17-19H,4-5,8-10,13-16H2,1-3H3;2-4H2,1H3. The Morgan fingerprint density at radius 1 is 1.07 bits per heavy atom. The third kappa shape index (κ3) is 13.9. The highest BCUT2D eigenvalue weighted by Crippen LogP contribution is 2.38. The van der Waals surface area contributed by atoms with Crippen LogP contribution in [-0.2, 0) is 24.0 Å². The summed E-state index contributed by atoms with van der Waals surface area (Å²) >= 11 is 0. The Bertz CT molecular complexity index is 916. The van der Waals surface area contributed by atoms with Crippen LogP contribution in [0.2, 0.25) is 0 Å². The summed E-state index contributed by atoms with van der Waals surface area (Å²) in [5, 5.41) is 18.1. The molecule has 0 N–H and O–H groups in total. The quantitative estimate of drug-likeness (QED) is 0.109. The average Bonchev–Trinajstić information content (AvgIpc) is 3.43. The van der Waals surface area contributed by atoms with Crippen molar-refractivity contribution in [1.29, 1.82) is 0 Å². The number of unbranched alkanes of at least 4 members (excludes halogenated alkanes) is 1. The number of amides is 1. The fraction of sp³-hybridized carbons (Fsp3) is 0.704. The van der Waals surface area contributed by atoms with Gasteiger partial charge in [0.1, 0.15) is 12.4 Å². The summed E-state index contributed by atoms with van der Waals surface area (Å²) in [5.41, 5.74) is 0.636. The van der Waals surface area contributed by atoms with Crippen LogP contribution >= 0.6 is 0 Å². The van der Waals surface area contributed by atoms with Gasteiger partial charge in [-0.25, -0.2) is 0 Å². The zero-order chi connectivity index (χ0) is 30.0. The Hall–Kier alpha value is -3.64. The highest BCUT2D eigenvalue weighted by atomic mass is 17.0. The second kappa shape index (κ2) is 18.6. The van der Waals surface area contributed by atoms with E-state index >= 15 is 0 Å². The van der Waals surface area contributed by atoms with Crippen LogP contribution < -0.4 is 4.74 Å². The predicted octanol–water partition coefficient (Wildman–Crippen LogP) is 4.88. The first-order valence-corrected chi connectivity index (χ1v) is 13.6. The van der Waals surface area contributed by atoms with E-state index in [4.69, 9.17) is 9.47 Å². The number of carbonyl (C=O) groups excluding carboxylic acids is 2. The van der Waals surface area contributed by atoms with Crippen molar-refractivity contribution in [2.75, 3.05) is 26.4 Å². The molecule has 1 aromatic rings. The molecule has 13 heteroatoms. The fourth-order valence-electron chi connectivity index (χ4n) is 4.32. The second-order valence-electron chi connectivity index (χ2n) is 10.4. The lowest BCUT2D eigenvalue weighted by atomic mass is 9.97. The van der Waals surface area contributed by atoms with Crippen molar-refractivity contribution in [3.63, 3.8) is 0 Å². The molecule has 0 bridgehead atoms. The minimum atomic E-state index is -0.874. The van der Waals surface area contributed by atoms with Gasteiger partial charge < -0.3 is 24.0 Å². The summed E-state index contributed by atoms with van der Waals surface area (Å²) < 4.78 is 11.3. The van der Waals surface area contributed by atoms with Crippen LogP contribution in [0.4, 0.5) is 0 Å². The van der Waals surface area contributed by atoms with E-state index in [1.807, 2.05) is 45.9 Å². The molecule has 1 aliphatic rings. The van der Waals surface area contributed by atoms with Gasteiger partial charge in [-0.05, 0) is 64.0 Å². The van der Waals surface area contributed by atoms with Crippen LogP contribution in [0.15, 0.2) is 24.3 Å². The van der Waals surface area contributed by atoms with Crippen LogP contribution in [0.3, 0.4) is 0 Å². The van der Waals surface area contributed by atoms with Gasteiger partial charge in [0.15, 0.2) is 6.10 Å². The van der Waals surface area contributed by atoms with Gasteiger partial charge in [0.25, 0.3) is 16.6 Å². The van der Waals surface area contributed by atoms with Crippen molar-refractivity contribution >= 4 is 12.4 Å². The molecule has 1 aromatic carbocycles. The van der Waals surface area contributed by atoms with E-state index in [1.165, 1.54) is 18.4 Å². The third-order valence-corrected chi connectivity index (χ3v) is 6.31. The maximum absolute atomic E-state index is 12.8. The SMILES string of the molecule is CC(C)(C)N(CC(COc1ccccc1C1CCCC1)OC=O)C(=O)CCCO[N+](=O)[O-].CCCCO[N+](=O)[O-]. The van der Waals surface area contributed by atoms with E-state index in [9.17, 15) is 29.8 Å². The number of ether oxygens (including phenoxy) is 2. The van der Waals surface area contributed by atoms with Gasteiger partial charge >= 0.3 is 0 Å². The zero-order valence-corrected chi connectivity index (χ0v) is 24.0. The summed E-state index contributed by atoms with van der Waals surface area (Å²) in [6, 6.07) is 7.93. The van der Waals surface area contributed by atoms with Crippen LogP contribution in [0.5, 0.6) is 5.75 Å². The molecule has 13 nitrogen and oxygen atoms in total. The first kappa shape index (κ1) is 34.4. The Morgan fingerprint density at radius 2 is 1.68 bits per heavy atom. The molecule has 226 valence electrons. The first-order chi connectivity index (χ1) is 19.0. The van der Waals surface area contributed by atoms with Gasteiger partial charge in [-0.1, -0.05) is 44.4 Å². The number of hydrogen-bond acceptors (Lipinski definition) is 10. The molecule has 40 heavy (non-hydrogen) atoms. The highest BCUT2D eigenvalue weighted by molar-refractivity contribution is 5.77. The highest BCUT2D eigenvalue weighted by Gasteiger charge is 2.30. The van der Waals surface area contributed by atoms with Crippen molar-refractivity contribution in [3.05, 3.63) is 50.1 Å². The Labute approximate surface area is 235 Å². The van der Waals surface area contributed by atoms with Gasteiger partial charge in [0, 0.05) is 12.0 Å². The minimum Gasteiger partial charge on any atom is -0.489 e. The summed E-state index contributed by atoms with van der Waals surface area (Å²) in [5.74, 6) is 1.06. The van der Waals surface area contributed by atoms with E-state index in [0.717, 1.165) is 31.4 Å². The van der Waals surface area contributed by atoms with E-state index in [1.54, 1.807) is 4.90 Å². The number of nitrogens with zero attached hydrogens (tertiary/aromatic N) is 3.